The molecule has 8 nitrogen and oxygen atoms in total. The van der Waals surface area contributed by atoms with Crippen LogP contribution in [-0.2, 0) is 10.0 Å². The van der Waals surface area contributed by atoms with Crippen molar-refractivity contribution in [2.24, 2.45) is 11.3 Å². The normalized spacial score (nSPS) is 13.8. The fourth-order valence-corrected chi connectivity index (χ4v) is 3.05. The maximum absolute atomic E-state index is 12.4. The number of non-ortho nitro benzene ring substituents is 1. The number of rotatable bonds is 5. The smallest absolute Gasteiger partial charge is 0.271 e. The van der Waals surface area contributed by atoms with Crippen LogP contribution in [0.25, 0.3) is 0 Å². The first kappa shape index (κ1) is 17.3. The third-order valence-corrected chi connectivity index (χ3v) is 4.85. The highest BCUT2D eigenvalue weighted by Crippen LogP contribution is 2.27. The second-order valence-electron chi connectivity index (χ2n) is 5.79. The summed E-state index contributed by atoms with van der Waals surface area (Å²) in [7, 11) is -3.84. The number of nitrogen functional groups attached to an aromatic ring is 1. The molecule has 0 aliphatic rings. The van der Waals surface area contributed by atoms with Crippen molar-refractivity contribution in [1.82, 2.24) is 4.72 Å². The summed E-state index contributed by atoms with van der Waals surface area (Å²) in [5.41, 5.74) is 1.64. The van der Waals surface area contributed by atoms with E-state index in [-0.39, 0.29) is 27.7 Å². The Morgan fingerprint density at radius 3 is 2.33 bits per heavy atom. The van der Waals surface area contributed by atoms with Gasteiger partial charge in [0.1, 0.15) is 4.90 Å². The van der Waals surface area contributed by atoms with E-state index < -0.39 is 14.9 Å². The summed E-state index contributed by atoms with van der Waals surface area (Å²) in [6.45, 7) is 7.45. The van der Waals surface area contributed by atoms with Gasteiger partial charge in [0.25, 0.3) is 5.69 Å². The fraction of sp³-hybridized carbons (Fsp3) is 0.500. The van der Waals surface area contributed by atoms with E-state index in [9.17, 15) is 18.5 Å². The topological polar surface area (TPSA) is 127 Å². The summed E-state index contributed by atoms with van der Waals surface area (Å²) in [5.74, 6) is 5.27. The van der Waals surface area contributed by atoms with Crippen LogP contribution in [0.4, 0.5) is 11.4 Å². The summed E-state index contributed by atoms with van der Waals surface area (Å²) in [5, 5.41) is 10.7. The quantitative estimate of drug-likeness (QED) is 0.430. The van der Waals surface area contributed by atoms with Crippen LogP contribution in [-0.4, -0.2) is 19.4 Å². The molecule has 0 saturated carbocycles. The van der Waals surface area contributed by atoms with Gasteiger partial charge in [-0.2, -0.15) is 0 Å². The zero-order valence-electron chi connectivity index (χ0n) is 12.4. The van der Waals surface area contributed by atoms with Crippen molar-refractivity contribution in [3.8, 4) is 0 Å². The van der Waals surface area contributed by atoms with E-state index in [1.165, 1.54) is 0 Å². The number of nitro groups is 1. The Morgan fingerprint density at radius 1 is 1.33 bits per heavy atom. The minimum atomic E-state index is -3.84. The second-order valence-corrected chi connectivity index (χ2v) is 7.47. The van der Waals surface area contributed by atoms with Crippen LogP contribution in [0.3, 0.4) is 0 Å². The first-order valence-corrected chi connectivity index (χ1v) is 7.74. The standard InChI is InChI=1S/C12H20N4O4S/c1-8(12(2,3)4)15-21(19,20)11-6-5-9(16(17)18)7-10(11)14-13/h5-8,14-15H,13H2,1-4H3. The van der Waals surface area contributed by atoms with Crippen LogP contribution < -0.4 is 16.0 Å². The van der Waals surface area contributed by atoms with Gasteiger partial charge in [-0.15, -0.1) is 0 Å². The van der Waals surface area contributed by atoms with Gasteiger partial charge in [-0.1, -0.05) is 20.8 Å². The molecule has 118 valence electrons. The summed E-state index contributed by atoms with van der Waals surface area (Å²) >= 11 is 0. The lowest BCUT2D eigenvalue weighted by molar-refractivity contribution is -0.384. The molecule has 0 bridgehead atoms. The monoisotopic (exact) mass is 316 g/mol. The molecule has 0 amide bonds. The summed E-state index contributed by atoms with van der Waals surface area (Å²) in [6.07, 6.45) is 0. The van der Waals surface area contributed by atoms with Gasteiger partial charge in [0.2, 0.25) is 10.0 Å². The molecule has 1 aromatic carbocycles. The zero-order valence-corrected chi connectivity index (χ0v) is 13.2. The molecular formula is C12H20N4O4S. The maximum Gasteiger partial charge on any atom is 0.271 e. The number of nitro benzene ring substituents is 1. The van der Waals surface area contributed by atoms with Gasteiger partial charge in [-0.05, 0) is 18.4 Å². The van der Waals surface area contributed by atoms with E-state index in [1.54, 1.807) is 6.92 Å². The molecule has 0 aliphatic heterocycles. The van der Waals surface area contributed by atoms with Crippen LogP contribution in [0.1, 0.15) is 27.7 Å². The van der Waals surface area contributed by atoms with E-state index in [4.69, 9.17) is 5.84 Å². The summed E-state index contributed by atoms with van der Waals surface area (Å²) in [6, 6.07) is 3.03. The van der Waals surface area contributed by atoms with Crippen molar-refractivity contribution in [3.05, 3.63) is 28.3 Å². The van der Waals surface area contributed by atoms with Gasteiger partial charge in [-0.25, -0.2) is 13.1 Å². The van der Waals surface area contributed by atoms with E-state index in [1.807, 2.05) is 20.8 Å². The third-order valence-electron chi connectivity index (χ3n) is 3.25. The first-order chi connectivity index (χ1) is 9.49. The molecule has 0 aliphatic carbocycles. The molecule has 1 atom stereocenters. The zero-order chi connectivity index (χ0) is 16.4. The van der Waals surface area contributed by atoms with Crippen LogP contribution in [0.5, 0.6) is 0 Å². The van der Waals surface area contributed by atoms with Crippen molar-refractivity contribution in [2.45, 2.75) is 38.6 Å². The number of hydrogen-bond acceptors (Lipinski definition) is 6. The Morgan fingerprint density at radius 2 is 1.90 bits per heavy atom. The molecule has 0 heterocycles. The van der Waals surface area contributed by atoms with Crippen LogP contribution >= 0.6 is 0 Å². The first-order valence-electron chi connectivity index (χ1n) is 6.26. The molecule has 0 saturated heterocycles. The molecule has 0 radical (unpaired) electrons. The third kappa shape index (κ3) is 4.13. The number of nitrogens with zero attached hydrogens (tertiary/aromatic N) is 1. The number of nitrogens with one attached hydrogen (secondary N) is 2. The second kappa shape index (κ2) is 5.96. The van der Waals surface area contributed by atoms with Crippen molar-refractivity contribution in [3.63, 3.8) is 0 Å². The predicted octanol–water partition coefficient (Wildman–Crippen LogP) is 1.59. The van der Waals surface area contributed by atoms with Crippen LogP contribution in [0.15, 0.2) is 23.1 Å². The van der Waals surface area contributed by atoms with Crippen molar-refractivity contribution in [1.29, 1.82) is 0 Å². The number of hydrazine groups is 1. The number of sulfonamides is 1. The average Bonchev–Trinajstić information content (AvgIpc) is 2.36. The molecule has 1 rings (SSSR count). The lowest BCUT2D eigenvalue weighted by atomic mass is 9.89. The van der Waals surface area contributed by atoms with E-state index in [0.717, 1.165) is 18.2 Å². The SMILES string of the molecule is CC(NS(=O)(=O)c1ccc([N+](=O)[O-])cc1NN)C(C)(C)C. The van der Waals surface area contributed by atoms with Crippen molar-refractivity contribution < 1.29 is 13.3 Å². The molecule has 9 heteroatoms. The highest BCUT2D eigenvalue weighted by Gasteiger charge is 2.28. The molecule has 4 N–H and O–H groups in total. The predicted molar refractivity (Wildman–Crippen MR) is 80.1 cm³/mol. The minimum Gasteiger partial charge on any atom is -0.323 e. The van der Waals surface area contributed by atoms with Gasteiger partial charge >= 0.3 is 0 Å². The van der Waals surface area contributed by atoms with E-state index in [2.05, 4.69) is 10.1 Å². The summed E-state index contributed by atoms with van der Waals surface area (Å²) < 4.78 is 27.3. The molecule has 21 heavy (non-hydrogen) atoms. The molecule has 0 spiro atoms. The molecule has 1 unspecified atom stereocenters. The largest absolute Gasteiger partial charge is 0.323 e. The Balaban J connectivity index is 3.23. The fourth-order valence-electron chi connectivity index (χ4n) is 1.45. The highest BCUT2D eigenvalue weighted by atomic mass is 32.2. The maximum atomic E-state index is 12.4. The van der Waals surface area contributed by atoms with Crippen LogP contribution in [0, 0.1) is 15.5 Å². The molecular weight excluding hydrogens is 296 g/mol. The molecule has 1 aromatic rings. The summed E-state index contributed by atoms with van der Waals surface area (Å²) in [4.78, 5) is 9.96. The number of nitrogens with two attached hydrogens (primary N) is 1. The lowest BCUT2D eigenvalue weighted by Gasteiger charge is -2.28. The van der Waals surface area contributed by atoms with Gasteiger partial charge in [0, 0.05) is 18.2 Å². The van der Waals surface area contributed by atoms with Gasteiger partial charge in [0.15, 0.2) is 0 Å². The van der Waals surface area contributed by atoms with Crippen LogP contribution in [0.2, 0.25) is 0 Å². The molecule has 0 fully saturated rings. The average molecular weight is 316 g/mol. The van der Waals surface area contributed by atoms with Gasteiger partial charge in [-0.3, -0.25) is 16.0 Å². The van der Waals surface area contributed by atoms with E-state index >= 15 is 0 Å². The van der Waals surface area contributed by atoms with E-state index in [0.29, 0.717) is 0 Å². The Labute approximate surface area is 123 Å². The number of hydrogen-bond donors (Lipinski definition) is 3. The highest BCUT2D eigenvalue weighted by molar-refractivity contribution is 7.89. The minimum absolute atomic E-state index is 0.0298. The number of benzene rings is 1. The van der Waals surface area contributed by atoms with Crippen molar-refractivity contribution >= 4 is 21.4 Å². The Bertz CT molecular complexity index is 637. The number of anilines is 1. The molecule has 0 aromatic heterocycles. The van der Waals surface area contributed by atoms with Gasteiger partial charge in [0.05, 0.1) is 10.6 Å². The van der Waals surface area contributed by atoms with Gasteiger partial charge < -0.3 is 5.43 Å². The lowest BCUT2D eigenvalue weighted by Crippen LogP contribution is -2.41. The Hall–Kier alpha value is -1.71. The Kier molecular flexibility index (Phi) is 4.92. The van der Waals surface area contributed by atoms with Crippen molar-refractivity contribution in [2.75, 3.05) is 5.43 Å².